The summed E-state index contributed by atoms with van der Waals surface area (Å²) in [4.78, 5) is 0. The number of nitrogen functional groups attached to an aromatic ring is 1. The van der Waals surface area contributed by atoms with Crippen LogP contribution in [-0.2, 0) is 4.74 Å². The fraction of sp³-hybridized carbons (Fsp3) is 0.250. The Morgan fingerprint density at radius 3 is 2.65 bits per heavy atom. The van der Waals surface area contributed by atoms with E-state index in [1.165, 1.54) is 0 Å². The lowest BCUT2D eigenvalue weighted by atomic mass is 10.1. The van der Waals surface area contributed by atoms with Gasteiger partial charge in [0.1, 0.15) is 11.9 Å². The van der Waals surface area contributed by atoms with Crippen LogP contribution >= 0.6 is 15.9 Å². The fourth-order valence-electron chi connectivity index (χ4n) is 1.74. The highest BCUT2D eigenvalue weighted by Gasteiger charge is 2.17. The summed E-state index contributed by atoms with van der Waals surface area (Å²) in [5.74, 6) is 0.607. The van der Waals surface area contributed by atoms with Gasteiger partial charge in [-0.1, -0.05) is 30.3 Å². The SMILES string of the molecule is COCC(c1ccccc1)n1ncc(Br)c1N. The molecule has 1 atom stereocenters. The van der Waals surface area contributed by atoms with Crippen LogP contribution in [0, 0.1) is 0 Å². The standard InChI is InChI=1S/C12H14BrN3O/c1-17-8-11(9-5-3-2-4-6-9)16-12(14)10(13)7-15-16/h2-7,11H,8,14H2,1H3. The topological polar surface area (TPSA) is 53.1 Å². The van der Waals surface area contributed by atoms with Crippen molar-refractivity contribution in [1.29, 1.82) is 0 Å². The van der Waals surface area contributed by atoms with E-state index in [9.17, 15) is 0 Å². The van der Waals surface area contributed by atoms with Gasteiger partial charge in [-0.25, -0.2) is 4.68 Å². The van der Waals surface area contributed by atoms with Crippen molar-refractivity contribution < 1.29 is 4.74 Å². The second-order valence-electron chi connectivity index (χ2n) is 3.70. The third-order valence-corrected chi connectivity index (χ3v) is 3.20. The minimum Gasteiger partial charge on any atom is -0.383 e. The summed E-state index contributed by atoms with van der Waals surface area (Å²) in [6, 6.07) is 10.0. The van der Waals surface area contributed by atoms with Gasteiger partial charge in [-0.05, 0) is 21.5 Å². The van der Waals surface area contributed by atoms with E-state index in [1.54, 1.807) is 18.0 Å². The van der Waals surface area contributed by atoms with E-state index in [2.05, 4.69) is 21.0 Å². The lowest BCUT2D eigenvalue weighted by molar-refractivity contribution is 0.165. The van der Waals surface area contributed by atoms with E-state index in [-0.39, 0.29) is 6.04 Å². The molecule has 1 heterocycles. The van der Waals surface area contributed by atoms with E-state index in [1.807, 2.05) is 30.3 Å². The monoisotopic (exact) mass is 295 g/mol. The van der Waals surface area contributed by atoms with Gasteiger partial charge >= 0.3 is 0 Å². The van der Waals surface area contributed by atoms with E-state index in [0.29, 0.717) is 12.4 Å². The fourth-order valence-corrected chi connectivity index (χ4v) is 2.01. The summed E-state index contributed by atoms with van der Waals surface area (Å²) in [5, 5.41) is 4.28. The molecule has 0 saturated carbocycles. The van der Waals surface area contributed by atoms with Gasteiger partial charge in [-0.2, -0.15) is 5.10 Å². The number of hydrogen-bond donors (Lipinski definition) is 1. The summed E-state index contributed by atoms with van der Waals surface area (Å²) in [5.41, 5.74) is 7.09. The Morgan fingerprint density at radius 1 is 1.41 bits per heavy atom. The highest BCUT2D eigenvalue weighted by molar-refractivity contribution is 9.10. The average molecular weight is 296 g/mol. The lowest BCUT2D eigenvalue weighted by Gasteiger charge is -2.18. The van der Waals surface area contributed by atoms with Gasteiger partial charge in [0.25, 0.3) is 0 Å². The van der Waals surface area contributed by atoms with Gasteiger partial charge in [0.15, 0.2) is 0 Å². The molecule has 1 unspecified atom stereocenters. The predicted molar refractivity (Wildman–Crippen MR) is 70.8 cm³/mol. The van der Waals surface area contributed by atoms with Crippen molar-refractivity contribution in [2.45, 2.75) is 6.04 Å². The molecule has 0 amide bonds. The molecular formula is C12H14BrN3O. The molecule has 1 aromatic carbocycles. The first-order valence-electron chi connectivity index (χ1n) is 5.26. The van der Waals surface area contributed by atoms with Crippen LogP contribution in [0.1, 0.15) is 11.6 Å². The third-order valence-electron chi connectivity index (χ3n) is 2.59. The summed E-state index contributed by atoms with van der Waals surface area (Å²) in [7, 11) is 1.67. The van der Waals surface area contributed by atoms with E-state index < -0.39 is 0 Å². The molecule has 4 nitrogen and oxygen atoms in total. The van der Waals surface area contributed by atoms with Crippen LogP contribution in [0.15, 0.2) is 41.0 Å². The Labute approximate surface area is 109 Å². The van der Waals surface area contributed by atoms with Gasteiger partial charge < -0.3 is 10.5 Å². The Balaban J connectivity index is 2.39. The molecule has 0 fully saturated rings. The quantitative estimate of drug-likeness (QED) is 0.943. The number of aromatic nitrogens is 2. The molecule has 5 heteroatoms. The maximum absolute atomic E-state index is 5.97. The highest BCUT2D eigenvalue weighted by Crippen LogP contribution is 2.26. The van der Waals surface area contributed by atoms with Gasteiger partial charge in [0.2, 0.25) is 0 Å². The Hall–Kier alpha value is -1.33. The molecule has 17 heavy (non-hydrogen) atoms. The van der Waals surface area contributed by atoms with Crippen molar-refractivity contribution >= 4 is 21.7 Å². The molecule has 0 aliphatic rings. The van der Waals surface area contributed by atoms with Crippen LogP contribution in [0.5, 0.6) is 0 Å². The first-order chi connectivity index (χ1) is 8.24. The van der Waals surface area contributed by atoms with Crippen molar-refractivity contribution in [3.05, 3.63) is 46.6 Å². The van der Waals surface area contributed by atoms with Crippen LogP contribution in [-0.4, -0.2) is 23.5 Å². The van der Waals surface area contributed by atoms with Crippen LogP contribution in [0.25, 0.3) is 0 Å². The zero-order valence-corrected chi connectivity index (χ0v) is 11.1. The average Bonchev–Trinajstić information content (AvgIpc) is 2.69. The van der Waals surface area contributed by atoms with E-state index in [4.69, 9.17) is 10.5 Å². The maximum atomic E-state index is 5.97. The molecule has 2 N–H and O–H groups in total. The highest BCUT2D eigenvalue weighted by atomic mass is 79.9. The normalized spacial score (nSPS) is 12.6. The summed E-state index contributed by atoms with van der Waals surface area (Å²) in [6.07, 6.45) is 1.70. The second kappa shape index (κ2) is 5.33. The van der Waals surface area contributed by atoms with Crippen LogP contribution in [0.4, 0.5) is 5.82 Å². The molecular weight excluding hydrogens is 282 g/mol. The zero-order chi connectivity index (χ0) is 12.3. The number of rotatable bonds is 4. The maximum Gasteiger partial charge on any atom is 0.136 e. The van der Waals surface area contributed by atoms with Crippen molar-refractivity contribution in [2.75, 3.05) is 19.5 Å². The molecule has 1 aromatic heterocycles. The Kier molecular flexibility index (Phi) is 3.81. The van der Waals surface area contributed by atoms with Gasteiger partial charge in [0, 0.05) is 7.11 Å². The summed E-state index contributed by atoms with van der Waals surface area (Å²) >= 11 is 3.36. The van der Waals surface area contributed by atoms with Crippen molar-refractivity contribution in [3.8, 4) is 0 Å². The van der Waals surface area contributed by atoms with Crippen molar-refractivity contribution in [1.82, 2.24) is 9.78 Å². The number of nitrogens with two attached hydrogens (primary N) is 1. The molecule has 0 bridgehead atoms. The first kappa shape index (κ1) is 12.1. The molecule has 2 rings (SSSR count). The molecule has 0 aliphatic carbocycles. The Morgan fingerprint density at radius 2 is 2.12 bits per heavy atom. The number of anilines is 1. The molecule has 90 valence electrons. The largest absolute Gasteiger partial charge is 0.383 e. The minimum absolute atomic E-state index is 0.00694. The lowest BCUT2D eigenvalue weighted by Crippen LogP contribution is -2.19. The molecule has 0 spiro atoms. The number of benzene rings is 1. The number of hydrogen-bond acceptors (Lipinski definition) is 3. The Bertz CT molecular complexity index is 484. The number of ether oxygens (including phenoxy) is 1. The third kappa shape index (κ3) is 2.50. The van der Waals surface area contributed by atoms with Crippen molar-refractivity contribution in [2.24, 2.45) is 0 Å². The smallest absolute Gasteiger partial charge is 0.136 e. The van der Waals surface area contributed by atoms with Crippen molar-refractivity contribution in [3.63, 3.8) is 0 Å². The molecule has 0 saturated heterocycles. The van der Waals surface area contributed by atoms with E-state index in [0.717, 1.165) is 10.0 Å². The van der Waals surface area contributed by atoms with Gasteiger partial charge in [-0.3, -0.25) is 0 Å². The number of halogens is 1. The summed E-state index contributed by atoms with van der Waals surface area (Å²) in [6.45, 7) is 0.530. The predicted octanol–water partition coefficient (Wildman–Crippen LogP) is 2.46. The number of methoxy groups -OCH3 is 1. The van der Waals surface area contributed by atoms with Gasteiger partial charge in [0.05, 0.1) is 17.3 Å². The van der Waals surface area contributed by atoms with Crippen LogP contribution < -0.4 is 5.73 Å². The number of nitrogens with zero attached hydrogens (tertiary/aromatic N) is 2. The zero-order valence-electron chi connectivity index (χ0n) is 9.51. The van der Waals surface area contributed by atoms with Gasteiger partial charge in [-0.15, -0.1) is 0 Å². The second-order valence-corrected chi connectivity index (χ2v) is 4.56. The van der Waals surface area contributed by atoms with E-state index >= 15 is 0 Å². The van der Waals surface area contributed by atoms with Crippen LogP contribution in [0.2, 0.25) is 0 Å². The first-order valence-corrected chi connectivity index (χ1v) is 6.05. The molecule has 2 aromatic rings. The van der Waals surface area contributed by atoms with Crippen LogP contribution in [0.3, 0.4) is 0 Å². The minimum atomic E-state index is -0.00694. The molecule has 0 radical (unpaired) electrons. The molecule has 0 aliphatic heterocycles. The summed E-state index contributed by atoms with van der Waals surface area (Å²) < 4.78 is 7.81.